The lowest BCUT2D eigenvalue weighted by Gasteiger charge is -2.34. The van der Waals surface area contributed by atoms with Gasteiger partial charge in [0, 0.05) is 37.9 Å². The minimum atomic E-state index is 0.221. The van der Waals surface area contributed by atoms with Crippen LogP contribution in [-0.2, 0) is 11.3 Å². The average Bonchev–Trinajstić information content (AvgIpc) is 2.86. The Labute approximate surface area is 127 Å². The molecule has 1 saturated heterocycles. The highest BCUT2D eigenvalue weighted by Crippen LogP contribution is 2.18. The molecule has 1 amide bonds. The number of nitrogens with zero attached hydrogens (tertiary/aromatic N) is 4. The molecule has 0 radical (unpaired) electrons. The molecule has 0 aliphatic carbocycles. The van der Waals surface area contributed by atoms with E-state index in [4.69, 9.17) is 0 Å². The average molecular weight is 292 g/mol. The fourth-order valence-electron chi connectivity index (χ4n) is 3.16. The van der Waals surface area contributed by atoms with Crippen molar-refractivity contribution in [2.75, 3.05) is 33.7 Å². The highest BCUT2D eigenvalue weighted by molar-refractivity contribution is 5.76. The molecule has 0 saturated carbocycles. The fourth-order valence-corrected chi connectivity index (χ4v) is 3.16. The van der Waals surface area contributed by atoms with Gasteiger partial charge in [-0.25, -0.2) is 4.98 Å². The SMILES string of the molecule is CC(C)c1nccn1CC(=O)N1CCCC(CN(C)C)C1. The molecule has 1 aliphatic rings. The summed E-state index contributed by atoms with van der Waals surface area (Å²) in [6, 6.07) is 0. The molecule has 1 fully saturated rings. The lowest BCUT2D eigenvalue weighted by molar-refractivity contribution is -0.133. The van der Waals surface area contributed by atoms with E-state index >= 15 is 0 Å². The second-order valence-corrected chi connectivity index (χ2v) is 6.68. The molecule has 0 spiro atoms. The summed E-state index contributed by atoms with van der Waals surface area (Å²) in [5.41, 5.74) is 0. The molecular weight excluding hydrogens is 264 g/mol. The first kappa shape index (κ1) is 16.0. The van der Waals surface area contributed by atoms with E-state index in [0.717, 1.165) is 31.9 Å². The predicted molar refractivity (Wildman–Crippen MR) is 84.2 cm³/mol. The largest absolute Gasteiger partial charge is 0.341 e. The van der Waals surface area contributed by atoms with Gasteiger partial charge in [0.15, 0.2) is 0 Å². The number of carbonyl (C=O) groups is 1. The summed E-state index contributed by atoms with van der Waals surface area (Å²) in [5, 5.41) is 0. The van der Waals surface area contributed by atoms with Crippen LogP contribution < -0.4 is 0 Å². The molecule has 1 atom stereocenters. The summed E-state index contributed by atoms with van der Waals surface area (Å²) in [4.78, 5) is 21.1. The van der Waals surface area contributed by atoms with Crippen molar-refractivity contribution in [3.8, 4) is 0 Å². The first-order valence-electron chi connectivity index (χ1n) is 7.91. The van der Waals surface area contributed by atoms with Gasteiger partial charge in [0.05, 0.1) is 0 Å². The summed E-state index contributed by atoms with van der Waals surface area (Å²) in [7, 11) is 4.20. The molecule has 1 aromatic rings. The van der Waals surface area contributed by atoms with E-state index in [9.17, 15) is 4.79 Å². The lowest BCUT2D eigenvalue weighted by Crippen LogP contribution is -2.44. The van der Waals surface area contributed by atoms with E-state index in [-0.39, 0.29) is 5.91 Å². The molecule has 0 aromatic carbocycles. The van der Waals surface area contributed by atoms with Gasteiger partial charge in [0.2, 0.25) is 5.91 Å². The summed E-state index contributed by atoms with van der Waals surface area (Å²) >= 11 is 0. The molecule has 21 heavy (non-hydrogen) atoms. The van der Waals surface area contributed by atoms with E-state index in [2.05, 4.69) is 37.8 Å². The maximum absolute atomic E-state index is 12.5. The van der Waals surface area contributed by atoms with Crippen LogP contribution in [0, 0.1) is 5.92 Å². The van der Waals surface area contributed by atoms with Crippen LogP contribution in [-0.4, -0.2) is 59.0 Å². The van der Waals surface area contributed by atoms with Gasteiger partial charge in [-0.1, -0.05) is 13.8 Å². The maximum atomic E-state index is 12.5. The summed E-state index contributed by atoms with van der Waals surface area (Å²) < 4.78 is 1.99. The first-order chi connectivity index (χ1) is 9.97. The standard InChI is InChI=1S/C16H28N4O/c1-13(2)16-17-7-9-20(16)12-15(21)19-8-5-6-14(11-19)10-18(3)4/h7,9,13-14H,5-6,8,10-12H2,1-4H3. The Morgan fingerprint density at radius 2 is 2.24 bits per heavy atom. The second kappa shape index (κ2) is 7.07. The third-order valence-corrected chi connectivity index (χ3v) is 4.06. The number of hydrogen-bond acceptors (Lipinski definition) is 3. The van der Waals surface area contributed by atoms with Crippen LogP contribution in [0.15, 0.2) is 12.4 Å². The van der Waals surface area contributed by atoms with E-state index in [0.29, 0.717) is 18.4 Å². The molecule has 118 valence electrons. The molecule has 1 unspecified atom stereocenters. The molecule has 2 rings (SSSR count). The Kier molecular flexibility index (Phi) is 5.39. The number of hydrogen-bond donors (Lipinski definition) is 0. The van der Waals surface area contributed by atoms with Crippen molar-refractivity contribution in [3.05, 3.63) is 18.2 Å². The molecule has 1 aliphatic heterocycles. The number of carbonyl (C=O) groups excluding carboxylic acids is 1. The Bertz CT molecular complexity index is 467. The van der Waals surface area contributed by atoms with E-state index in [1.54, 1.807) is 6.20 Å². The smallest absolute Gasteiger partial charge is 0.242 e. The van der Waals surface area contributed by atoms with Crippen LogP contribution in [0.4, 0.5) is 0 Å². The van der Waals surface area contributed by atoms with Gasteiger partial charge in [-0.3, -0.25) is 4.79 Å². The Hall–Kier alpha value is -1.36. The Balaban J connectivity index is 1.95. The zero-order valence-electron chi connectivity index (χ0n) is 13.7. The van der Waals surface area contributed by atoms with Gasteiger partial charge >= 0.3 is 0 Å². The second-order valence-electron chi connectivity index (χ2n) is 6.68. The zero-order valence-corrected chi connectivity index (χ0v) is 13.7. The number of likely N-dealkylation sites (tertiary alicyclic amines) is 1. The Morgan fingerprint density at radius 1 is 1.48 bits per heavy atom. The highest BCUT2D eigenvalue weighted by atomic mass is 16.2. The third kappa shape index (κ3) is 4.30. The number of amides is 1. The van der Waals surface area contributed by atoms with Gasteiger partial charge in [-0.15, -0.1) is 0 Å². The third-order valence-electron chi connectivity index (χ3n) is 4.06. The molecular formula is C16H28N4O. The minimum absolute atomic E-state index is 0.221. The molecule has 5 nitrogen and oxygen atoms in total. The van der Waals surface area contributed by atoms with Crippen LogP contribution in [0.3, 0.4) is 0 Å². The van der Waals surface area contributed by atoms with Gasteiger partial charge in [-0.2, -0.15) is 0 Å². The van der Waals surface area contributed by atoms with Crippen LogP contribution in [0.2, 0.25) is 0 Å². The zero-order chi connectivity index (χ0) is 15.4. The van der Waals surface area contributed by atoms with Crippen molar-refractivity contribution >= 4 is 5.91 Å². The van der Waals surface area contributed by atoms with Gasteiger partial charge < -0.3 is 14.4 Å². The topological polar surface area (TPSA) is 41.4 Å². The molecule has 0 N–H and O–H groups in total. The van der Waals surface area contributed by atoms with Crippen molar-refractivity contribution in [3.63, 3.8) is 0 Å². The van der Waals surface area contributed by atoms with E-state index in [1.807, 2.05) is 15.7 Å². The number of piperidine rings is 1. The summed E-state index contributed by atoms with van der Waals surface area (Å²) in [5.74, 6) is 2.16. The van der Waals surface area contributed by atoms with Crippen molar-refractivity contribution in [2.45, 2.75) is 39.2 Å². The highest BCUT2D eigenvalue weighted by Gasteiger charge is 2.24. The summed E-state index contributed by atoms with van der Waals surface area (Å²) in [6.07, 6.45) is 6.04. The van der Waals surface area contributed by atoms with Crippen molar-refractivity contribution < 1.29 is 4.79 Å². The number of rotatable bonds is 5. The Morgan fingerprint density at radius 3 is 2.90 bits per heavy atom. The molecule has 0 bridgehead atoms. The van der Waals surface area contributed by atoms with Crippen LogP contribution in [0.1, 0.15) is 38.4 Å². The van der Waals surface area contributed by atoms with Crippen molar-refractivity contribution in [2.24, 2.45) is 5.92 Å². The van der Waals surface area contributed by atoms with Crippen molar-refractivity contribution in [1.82, 2.24) is 19.4 Å². The first-order valence-corrected chi connectivity index (χ1v) is 7.91. The number of imidazole rings is 1. The quantitative estimate of drug-likeness (QED) is 0.831. The monoisotopic (exact) mass is 292 g/mol. The predicted octanol–water partition coefficient (Wildman–Crippen LogP) is 1.81. The van der Waals surface area contributed by atoms with Crippen LogP contribution in [0.5, 0.6) is 0 Å². The van der Waals surface area contributed by atoms with Gasteiger partial charge in [-0.05, 0) is 32.9 Å². The number of aromatic nitrogens is 2. The fraction of sp³-hybridized carbons (Fsp3) is 0.750. The maximum Gasteiger partial charge on any atom is 0.242 e. The molecule has 2 heterocycles. The van der Waals surface area contributed by atoms with Gasteiger partial charge in [0.1, 0.15) is 12.4 Å². The van der Waals surface area contributed by atoms with E-state index < -0.39 is 0 Å². The van der Waals surface area contributed by atoms with Crippen LogP contribution in [0.25, 0.3) is 0 Å². The van der Waals surface area contributed by atoms with E-state index in [1.165, 1.54) is 6.42 Å². The normalized spacial score (nSPS) is 19.5. The lowest BCUT2D eigenvalue weighted by atomic mass is 9.97. The van der Waals surface area contributed by atoms with Crippen LogP contribution >= 0.6 is 0 Å². The van der Waals surface area contributed by atoms with Crippen molar-refractivity contribution in [1.29, 1.82) is 0 Å². The van der Waals surface area contributed by atoms with Gasteiger partial charge in [0.25, 0.3) is 0 Å². The molecule has 5 heteroatoms. The summed E-state index contributed by atoms with van der Waals surface area (Å²) in [6.45, 7) is 7.49. The molecule has 1 aromatic heterocycles. The minimum Gasteiger partial charge on any atom is -0.341 e.